The Morgan fingerprint density at radius 3 is 3.33 bits per heavy atom. The number of aromatic nitrogens is 4. The van der Waals surface area contributed by atoms with E-state index in [2.05, 4.69) is 25.5 Å². The minimum atomic E-state index is 0.460. The van der Waals surface area contributed by atoms with Crippen molar-refractivity contribution in [3.05, 3.63) is 29.7 Å². The molecule has 1 aliphatic carbocycles. The summed E-state index contributed by atoms with van der Waals surface area (Å²) >= 11 is 0. The van der Waals surface area contributed by atoms with E-state index < -0.39 is 0 Å². The fourth-order valence-electron chi connectivity index (χ4n) is 3.55. The van der Waals surface area contributed by atoms with Gasteiger partial charge in [0.2, 0.25) is 0 Å². The predicted molar refractivity (Wildman–Crippen MR) is 81.1 cm³/mol. The van der Waals surface area contributed by atoms with Crippen molar-refractivity contribution in [2.24, 2.45) is 13.0 Å². The summed E-state index contributed by atoms with van der Waals surface area (Å²) in [7, 11) is 2.05. The molecule has 112 valence electrons. The van der Waals surface area contributed by atoms with Crippen LogP contribution in [0.25, 0.3) is 0 Å². The van der Waals surface area contributed by atoms with Crippen molar-refractivity contribution in [2.75, 3.05) is 18.4 Å². The SMILES string of the molecule is Cn1ncc2c1CCC[C@@H]2NC[C@@H]1CNc2ccnn2C1. The quantitative estimate of drug-likeness (QED) is 0.893. The Morgan fingerprint density at radius 1 is 1.43 bits per heavy atom. The van der Waals surface area contributed by atoms with Crippen LogP contribution in [0.2, 0.25) is 0 Å². The molecular weight excluding hydrogens is 264 g/mol. The molecule has 2 aliphatic rings. The minimum Gasteiger partial charge on any atom is -0.370 e. The van der Waals surface area contributed by atoms with E-state index in [4.69, 9.17) is 0 Å². The number of hydrogen-bond donors (Lipinski definition) is 2. The zero-order valence-corrected chi connectivity index (χ0v) is 12.4. The van der Waals surface area contributed by atoms with Crippen LogP contribution in [-0.4, -0.2) is 32.7 Å². The topological polar surface area (TPSA) is 59.7 Å². The van der Waals surface area contributed by atoms with Crippen LogP contribution in [0.4, 0.5) is 5.82 Å². The second-order valence-corrected chi connectivity index (χ2v) is 6.17. The van der Waals surface area contributed by atoms with Gasteiger partial charge >= 0.3 is 0 Å². The lowest BCUT2D eigenvalue weighted by molar-refractivity contribution is 0.355. The molecule has 0 saturated heterocycles. The highest BCUT2D eigenvalue weighted by Crippen LogP contribution is 2.29. The fourth-order valence-corrected chi connectivity index (χ4v) is 3.55. The van der Waals surface area contributed by atoms with E-state index in [-0.39, 0.29) is 0 Å². The second kappa shape index (κ2) is 5.18. The smallest absolute Gasteiger partial charge is 0.124 e. The average molecular weight is 286 g/mol. The maximum atomic E-state index is 4.42. The first-order valence-corrected chi connectivity index (χ1v) is 7.81. The van der Waals surface area contributed by atoms with Gasteiger partial charge in [0.05, 0.1) is 12.4 Å². The van der Waals surface area contributed by atoms with Crippen LogP contribution >= 0.6 is 0 Å². The zero-order chi connectivity index (χ0) is 14.2. The molecule has 2 aromatic rings. The molecule has 0 amide bonds. The first kappa shape index (κ1) is 12.9. The van der Waals surface area contributed by atoms with Crippen LogP contribution in [0.5, 0.6) is 0 Å². The van der Waals surface area contributed by atoms with Gasteiger partial charge in [-0.3, -0.25) is 4.68 Å². The van der Waals surface area contributed by atoms with E-state index in [0.29, 0.717) is 12.0 Å². The van der Waals surface area contributed by atoms with Crippen LogP contribution in [0, 0.1) is 5.92 Å². The second-order valence-electron chi connectivity index (χ2n) is 6.17. The lowest BCUT2D eigenvalue weighted by Crippen LogP contribution is -2.37. The summed E-state index contributed by atoms with van der Waals surface area (Å²) in [4.78, 5) is 0. The van der Waals surface area contributed by atoms with Crippen molar-refractivity contribution in [3.63, 3.8) is 0 Å². The van der Waals surface area contributed by atoms with Gasteiger partial charge < -0.3 is 10.6 Å². The molecule has 0 radical (unpaired) electrons. The van der Waals surface area contributed by atoms with Gasteiger partial charge in [0, 0.05) is 56.0 Å². The molecule has 4 rings (SSSR count). The van der Waals surface area contributed by atoms with E-state index in [1.54, 1.807) is 0 Å². The zero-order valence-electron chi connectivity index (χ0n) is 12.4. The largest absolute Gasteiger partial charge is 0.370 e. The fraction of sp³-hybridized carbons (Fsp3) is 0.600. The molecule has 3 heterocycles. The molecule has 6 nitrogen and oxygen atoms in total. The van der Waals surface area contributed by atoms with Gasteiger partial charge in [0.15, 0.2) is 0 Å². The Kier molecular flexibility index (Phi) is 3.18. The Hall–Kier alpha value is -1.82. The maximum absolute atomic E-state index is 4.42. The molecule has 2 N–H and O–H groups in total. The predicted octanol–water partition coefficient (Wildman–Crippen LogP) is 1.33. The van der Waals surface area contributed by atoms with Gasteiger partial charge in [0.25, 0.3) is 0 Å². The molecular formula is C15H22N6. The van der Waals surface area contributed by atoms with E-state index in [0.717, 1.165) is 31.9 Å². The Bertz CT molecular complexity index is 628. The third-order valence-electron chi connectivity index (χ3n) is 4.75. The summed E-state index contributed by atoms with van der Waals surface area (Å²) in [6.07, 6.45) is 7.52. The average Bonchev–Trinajstić information content (AvgIpc) is 3.12. The van der Waals surface area contributed by atoms with Crippen molar-refractivity contribution in [2.45, 2.75) is 31.8 Å². The molecule has 2 atom stereocenters. The van der Waals surface area contributed by atoms with Gasteiger partial charge in [-0.1, -0.05) is 0 Å². The Labute approximate surface area is 124 Å². The highest BCUT2D eigenvalue weighted by molar-refractivity contribution is 5.35. The monoisotopic (exact) mass is 286 g/mol. The van der Waals surface area contributed by atoms with Crippen molar-refractivity contribution < 1.29 is 0 Å². The molecule has 21 heavy (non-hydrogen) atoms. The third kappa shape index (κ3) is 2.33. The van der Waals surface area contributed by atoms with E-state index >= 15 is 0 Å². The molecule has 1 aliphatic heterocycles. The standard InChI is InChI=1S/C15H22N6/c1-20-14-4-2-3-13(12(14)9-19-20)16-7-11-8-17-15-5-6-18-21(15)10-11/h5-6,9,11,13,16-17H,2-4,7-8,10H2,1H3/t11-,13+/m1/s1. The highest BCUT2D eigenvalue weighted by Gasteiger charge is 2.25. The van der Waals surface area contributed by atoms with Crippen LogP contribution in [0.15, 0.2) is 18.5 Å². The number of anilines is 1. The summed E-state index contributed by atoms with van der Waals surface area (Å²) < 4.78 is 4.09. The molecule has 0 fully saturated rings. The summed E-state index contributed by atoms with van der Waals surface area (Å²) in [5.41, 5.74) is 2.79. The molecule has 0 saturated carbocycles. The van der Waals surface area contributed by atoms with E-state index in [1.165, 1.54) is 24.1 Å². The van der Waals surface area contributed by atoms with Crippen molar-refractivity contribution in [1.82, 2.24) is 24.9 Å². The lowest BCUT2D eigenvalue weighted by atomic mass is 9.92. The number of aryl methyl sites for hydroxylation is 1. The number of fused-ring (bicyclic) bond motifs is 2. The van der Waals surface area contributed by atoms with Crippen LogP contribution < -0.4 is 10.6 Å². The van der Waals surface area contributed by atoms with Gasteiger partial charge in [-0.15, -0.1) is 0 Å². The number of hydrogen-bond acceptors (Lipinski definition) is 4. The summed E-state index contributed by atoms with van der Waals surface area (Å²) in [6, 6.07) is 2.49. The Morgan fingerprint density at radius 2 is 2.38 bits per heavy atom. The molecule has 2 aromatic heterocycles. The van der Waals surface area contributed by atoms with Gasteiger partial charge in [0.1, 0.15) is 5.82 Å². The number of nitrogens with one attached hydrogen (secondary N) is 2. The van der Waals surface area contributed by atoms with Crippen molar-refractivity contribution >= 4 is 5.82 Å². The lowest BCUT2D eigenvalue weighted by Gasteiger charge is -2.29. The van der Waals surface area contributed by atoms with Gasteiger partial charge in [-0.25, -0.2) is 4.68 Å². The molecule has 0 spiro atoms. The van der Waals surface area contributed by atoms with Crippen LogP contribution in [0.1, 0.15) is 30.1 Å². The van der Waals surface area contributed by atoms with Crippen LogP contribution in [0.3, 0.4) is 0 Å². The van der Waals surface area contributed by atoms with Gasteiger partial charge in [-0.05, 0) is 19.3 Å². The summed E-state index contributed by atoms with van der Waals surface area (Å²) in [5.74, 6) is 1.72. The van der Waals surface area contributed by atoms with Gasteiger partial charge in [-0.2, -0.15) is 10.2 Å². The molecule has 0 bridgehead atoms. The van der Waals surface area contributed by atoms with Crippen molar-refractivity contribution in [3.8, 4) is 0 Å². The maximum Gasteiger partial charge on any atom is 0.124 e. The van der Waals surface area contributed by atoms with Crippen LogP contribution in [-0.2, 0) is 20.0 Å². The van der Waals surface area contributed by atoms with Crippen molar-refractivity contribution in [1.29, 1.82) is 0 Å². The highest BCUT2D eigenvalue weighted by atomic mass is 15.3. The number of nitrogens with zero attached hydrogens (tertiary/aromatic N) is 4. The van der Waals surface area contributed by atoms with E-state index in [9.17, 15) is 0 Å². The van der Waals surface area contributed by atoms with E-state index in [1.807, 2.05) is 30.2 Å². The first-order chi connectivity index (χ1) is 10.3. The number of rotatable bonds is 3. The third-order valence-corrected chi connectivity index (χ3v) is 4.75. The Balaban J connectivity index is 1.40. The summed E-state index contributed by atoms with van der Waals surface area (Å²) in [5, 5.41) is 16.0. The first-order valence-electron chi connectivity index (χ1n) is 7.81. The minimum absolute atomic E-state index is 0.460. The molecule has 0 unspecified atom stereocenters. The summed E-state index contributed by atoms with van der Waals surface area (Å²) in [6.45, 7) is 3.03. The normalized spacial score (nSPS) is 24.2. The molecule has 0 aromatic carbocycles. The molecule has 6 heteroatoms.